The summed E-state index contributed by atoms with van der Waals surface area (Å²) in [5.41, 5.74) is 0.246. The van der Waals surface area contributed by atoms with Gasteiger partial charge in [0.1, 0.15) is 17.9 Å². The van der Waals surface area contributed by atoms with Crippen LogP contribution in [0.25, 0.3) is 0 Å². The summed E-state index contributed by atoms with van der Waals surface area (Å²) in [5, 5.41) is 16.7. The SMILES string of the molecule is COC(=O)[C@H](NC(=O)[C@H]1C[C@@H](NC(=O)Nc2cccc(F)c2)CCN1C(=O)CCC(=O)O)C(C)C. The molecule has 1 heterocycles. The number of nitrogens with one attached hydrogen (secondary N) is 3. The molecule has 0 aliphatic carbocycles. The molecule has 1 saturated heterocycles. The van der Waals surface area contributed by atoms with Crippen LogP contribution >= 0.6 is 0 Å². The van der Waals surface area contributed by atoms with Crippen molar-refractivity contribution in [1.82, 2.24) is 15.5 Å². The van der Waals surface area contributed by atoms with Crippen molar-refractivity contribution in [2.75, 3.05) is 19.0 Å². The number of carboxylic acid groups (broad SMARTS) is 1. The number of benzene rings is 1. The minimum absolute atomic E-state index is 0.0349. The van der Waals surface area contributed by atoms with Gasteiger partial charge in [-0.25, -0.2) is 14.0 Å². The lowest BCUT2D eigenvalue weighted by atomic mass is 9.94. The number of carbonyl (C=O) groups is 5. The number of ether oxygens (including phenoxy) is 1. The van der Waals surface area contributed by atoms with Crippen molar-refractivity contribution < 1.29 is 38.2 Å². The van der Waals surface area contributed by atoms with Crippen molar-refractivity contribution in [1.29, 1.82) is 0 Å². The number of carboxylic acids is 1. The molecule has 1 aliphatic heterocycles. The van der Waals surface area contributed by atoms with Gasteiger partial charge in [0.2, 0.25) is 11.8 Å². The summed E-state index contributed by atoms with van der Waals surface area (Å²) in [4.78, 5) is 62.5. The van der Waals surface area contributed by atoms with Gasteiger partial charge in [0.05, 0.1) is 13.5 Å². The predicted octanol–water partition coefficient (Wildman–Crippen LogP) is 1.49. The number of rotatable bonds is 9. The maximum Gasteiger partial charge on any atom is 0.328 e. The molecule has 11 nitrogen and oxygen atoms in total. The van der Waals surface area contributed by atoms with Crippen LogP contribution in [-0.4, -0.2) is 71.6 Å². The number of likely N-dealkylation sites (tertiary alicyclic amines) is 1. The smallest absolute Gasteiger partial charge is 0.328 e. The molecule has 1 aromatic carbocycles. The van der Waals surface area contributed by atoms with Gasteiger partial charge in [0, 0.05) is 24.7 Å². The Balaban J connectivity index is 2.14. The van der Waals surface area contributed by atoms with Crippen LogP contribution in [0.2, 0.25) is 0 Å². The Morgan fingerprint density at radius 2 is 1.91 bits per heavy atom. The summed E-state index contributed by atoms with van der Waals surface area (Å²) >= 11 is 0. The van der Waals surface area contributed by atoms with Gasteiger partial charge in [-0.3, -0.25) is 14.4 Å². The highest BCUT2D eigenvalue weighted by Crippen LogP contribution is 2.21. The van der Waals surface area contributed by atoms with Gasteiger partial charge in [-0.1, -0.05) is 19.9 Å². The van der Waals surface area contributed by atoms with E-state index in [4.69, 9.17) is 9.84 Å². The summed E-state index contributed by atoms with van der Waals surface area (Å²) in [6.07, 6.45) is -0.336. The highest BCUT2D eigenvalue weighted by atomic mass is 19.1. The lowest BCUT2D eigenvalue weighted by molar-refractivity contribution is -0.149. The first kappa shape index (κ1) is 27.5. The Kier molecular flexibility index (Phi) is 9.98. The number of carbonyl (C=O) groups excluding carboxylic acids is 4. The van der Waals surface area contributed by atoms with Crippen LogP contribution in [0.3, 0.4) is 0 Å². The monoisotopic (exact) mass is 494 g/mol. The van der Waals surface area contributed by atoms with Crippen LogP contribution in [-0.2, 0) is 23.9 Å². The maximum absolute atomic E-state index is 13.4. The van der Waals surface area contributed by atoms with Crippen molar-refractivity contribution >= 4 is 35.5 Å². The summed E-state index contributed by atoms with van der Waals surface area (Å²) < 4.78 is 18.1. The molecule has 3 atom stereocenters. The fraction of sp³-hybridized carbons (Fsp3) is 0.522. The van der Waals surface area contributed by atoms with E-state index in [9.17, 15) is 28.4 Å². The first-order valence-electron chi connectivity index (χ1n) is 11.2. The Labute approximate surface area is 202 Å². The van der Waals surface area contributed by atoms with E-state index in [1.165, 1.54) is 30.2 Å². The van der Waals surface area contributed by atoms with Crippen LogP contribution in [0, 0.1) is 11.7 Å². The topological polar surface area (TPSA) is 154 Å². The molecular weight excluding hydrogens is 463 g/mol. The molecule has 0 spiro atoms. The van der Waals surface area contributed by atoms with E-state index in [0.717, 1.165) is 6.07 Å². The molecule has 0 radical (unpaired) electrons. The molecule has 1 fully saturated rings. The Morgan fingerprint density at radius 3 is 2.51 bits per heavy atom. The van der Waals surface area contributed by atoms with Gasteiger partial charge >= 0.3 is 18.0 Å². The predicted molar refractivity (Wildman–Crippen MR) is 123 cm³/mol. The largest absolute Gasteiger partial charge is 0.481 e. The lowest BCUT2D eigenvalue weighted by Crippen LogP contribution is -2.60. The van der Waals surface area contributed by atoms with E-state index >= 15 is 0 Å². The van der Waals surface area contributed by atoms with Gasteiger partial charge in [0.15, 0.2) is 0 Å². The number of amides is 4. The van der Waals surface area contributed by atoms with Crippen molar-refractivity contribution in [3.63, 3.8) is 0 Å². The van der Waals surface area contributed by atoms with E-state index < -0.39 is 60.1 Å². The maximum atomic E-state index is 13.4. The van der Waals surface area contributed by atoms with Gasteiger partial charge < -0.3 is 30.7 Å². The second kappa shape index (κ2) is 12.7. The summed E-state index contributed by atoms with van der Waals surface area (Å²) in [6.45, 7) is 3.53. The zero-order valence-electron chi connectivity index (χ0n) is 19.9. The minimum Gasteiger partial charge on any atom is -0.481 e. The zero-order valence-corrected chi connectivity index (χ0v) is 19.9. The third-order valence-electron chi connectivity index (χ3n) is 5.62. The molecule has 1 aromatic rings. The molecule has 2 rings (SSSR count). The Bertz CT molecular complexity index is 956. The van der Waals surface area contributed by atoms with Crippen LogP contribution in [0.15, 0.2) is 24.3 Å². The van der Waals surface area contributed by atoms with Crippen molar-refractivity contribution in [2.24, 2.45) is 5.92 Å². The van der Waals surface area contributed by atoms with E-state index in [2.05, 4.69) is 16.0 Å². The third kappa shape index (κ3) is 8.23. The van der Waals surface area contributed by atoms with Crippen molar-refractivity contribution in [3.8, 4) is 0 Å². The molecule has 0 unspecified atom stereocenters. The number of urea groups is 1. The molecule has 0 saturated carbocycles. The van der Waals surface area contributed by atoms with Gasteiger partial charge in [0.25, 0.3) is 0 Å². The quantitative estimate of drug-likeness (QED) is 0.379. The number of hydrogen-bond donors (Lipinski definition) is 4. The lowest BCUT2D eigenvalue weighted by Gasteiger charge is -2.39. The zero-order chi connectivity index (χ0) is 26.1. The van der Waals surface area contributed by atoms with Crippen molar-refractivity contribution in [3.05, 3.63) is 30.1 Å². The van der Waals surface area contributed by atoms with Crippen LogP contribution in [0.5, 0.6) is 0 Å². The number of hydrogen-bond acceptors (Lipinski definition) is 6. The molecule has 1 aliphatic rings. The number of anilines is 1. The second-order valence-corrected chi connectivity index (χ2v) is 8.58. The van der Waals surface area contributed by atoms with Gasteiger partial charge in [-0.15, -0.1) is 0 Å². The summed E-state index contributed by atoms with van der Waals surface area (Å²) in [7, 11) is 1.20. The molecule has 4 amide bonds. The average molecular weight is 495 g/mol. The Hall–Kier alpha value is -3.70. The minimum atomic E-state index is -1.14. The fourth-order valence-electron chi connectivity index (χ4n) is 3.79. The van der Waals surface area contributed by atoms with Gasteiger partial charge in [-0.05, 0) is 37.0 Å². The summed E-state index contributed by atoms with van der Waals surface area (Å²) in [6, 6.07) is 2.23. The molecule has 192 valence electrons. The highest BCUT2D eigenvalue weighted by molar-refractivity contribution is 5.92. The Morgan fingerprint density at radius 1 is 1.20 bits per heavy atom. The second-order valence-electron chi connectivity index (χ2n) is 8.58. The number of aliphatic carboxylic acids is 1. The van der Waals surface area contributed by atoms with Gasteiger partial charge in [-0.2, -0.15) is 0 Å². The normalized spacial score (nSPS) is 18.4. The highest BCUT2D eigenvalue weighted by Gasteiger charge is 2.38. The molecule has 0 aromatic heterocycles. The average Bonchev–Trinajstić information content (AvgIpc) is 2.79. The molecular formula is C23H31FN4O7. The van der Waals surface area contributed by atoms with Crippen LogP contribution < -0.4 is 16.0 Å². The molecule has 0 bridgehead atoms. The molecule has 35 heavy (non-hydrogen) atoms. The number of esters is 1. The van der Waals surface area contributed by atoms with Crippen molar-refractivity contribution in [2.45, 2.75) is 57.7 Å². The van der Waals surface area contributed by atoms with E-state index in [-0.39, 0.29) is 31.0 Å². The third-order valence-corrected chi connectivity index (χ3v) is 5.62. The number of nitrogens with zero attached hydrogens (tertiary/aromatic N) is 1. The number of halogens is 1. The van der Waals surface area contributed by atoms with Crippen LogP contribution in [0.4, 0.5) is 14.9 Å². The number of methoxy groups -OCH3 is 1. The molecule has 12 heteroatoms. The fourth-order valence-corrected chi connectivity index (χ4v) is 3.79. The van der Waals surface area contributed by atoms with Crippen LogP contribution in [0.1, 0.15) is 39.5 Å². The number of piperidine rings is 1. The standard InChI is InChI=1S/C23H31FN4O7/c1-13(2)20(22(33)35-3)27-21(32)17-12-16(9-10-28(17)18(29)7-8-19(30)31)26-23(34)25-15-6-4-5-14(24)11-15/h4-6,11,13,16-17,20H,7-10,12H2,1-3H3,(H,27,32)(H,30,31)(H2,25,26,34)/t16-,17+,20+/m0/s1. The molecule has 4 N–H and O–H groups in total. The first-order chi connectivity index (χ1) is 16.5. The van der Waals surface area contributed by atoms with E-state index in [1.54, 1.807) is 13.8 Å². The summed E-state index contributed by atoms with van der Waals surface area (Å²) in [5.74, 6) is -3.73. The van der Waals surface area contributed by atoms with E-state index in [0.29, 0.717) is 6.42 Å². The first-order valence-corrected chi connectivity index (χ1v) is 11.2. The van der Waals surface area contributed by atoms with E-state index in [1.807, 2.05) is 0 Å².